The molecule has 4 aliphatic carbocycles. The molecule has 0 aromatic heterocycles. The molecule has 1 heterocycles. The molecule has 15 heteroatoms. The fourth-order valence-electron chi connectivity index (χ4n) is 7.69. The number of nitrogens with zero attached hydrogens (tertiary/aromatic N) is 1. The van der Waals surface area contributed by atoms with Crippen molar-refractivity contribution in [3.63, 3.8) is 0 Å². The second kappa shape index (κ2) is 16.1. The first-order chi connectivity index (χ1) is 29.4. The number of halogens is 2. The van der Waals surface area contributed by atoms with Gasteiger partial charge in [-0.25, -0.2) is 4.39 Å². The van der Waals surface area contributed by atoms with E-state index in [1.54, 1.807) is 53.4 Å². The van der Waals surface area contributed by atoms with E-state index in [2.05, 4.69) is 10.6 Å². The van der Waals surface area contributed by atoms with E-state index in [4.69, 9.17) is 11.6 Å². The van der Waals surface area contributed by atoms with Crippen molar-refractivity contribution in [3.8, 4) is 0 Å². The predicted octanol–water partition coefficient (Wildman–Crippen LogP) is 4.16. The highest BCUT2D eigenvalue weighted by molar-refractivity contribution is 6.52. The number of fused-ring (bicyclic) bond motifs is 4. The van der Waals surface area contributed by atoms with Crippen molar-refractivity contribution in [3.05, 3.63) is 186 Å². The summed E-state index contributed by atoms with van der Waals surface area (Å²) in [5.74, 6) is -5.29. The molecule has 304 valence electrons. The smallest absolute Gasteiger partial charge is 0.210 e. The van der Waals surface area contributed by atoms with Gasteiger partial charge in [0.1, 0.15) is 10.8 Å². The Balaban J connectivity index is 0.000000170. The minimum atomic E-state index is -0.749. The summed E-state index contributed by atoms with van der Waals surface area (Å²) in [4.78, 5) is 108. The molecule has 0 amide bonds. The quantitative estimate of drug-likeness (QED) is 0.175. The van der Waals surface area contributed by atoms with Crippen molar-refractivity contribution >= 4 is 57.9 Å². The topological polar surface area (TPSA) is 204 Å². The van der Waals surface area contributed by atoms with Gasteiger partial charge >= 0.3 is 0 Å². The molecule has 0 atom stereocenters. The molecule has 4 N–H and O–H groups in total. The number of hydrogen-bond acceptors (Lipinski definition) is 13. The highest BCUT2D eigenvalue weighted by Gasteiger charge is 2.45. The molecule has 4 aromatic rings. The average molecular weight is 840 g/mol. The molecule has 4 aromatic carbocycles. The molecule has 0 bridgehead atoms. The molecule has 5 aliphatic rings. The van der Waals surface area contributed by atoms with Gasteiger partial charge in [-0.1, -0.05) is 84.4 Å². The number of nitrogens with one attached hydrogen (secondary N) is 2. The first kappa shape index (κ1) is 40.5. The van der Waals surface area contributed by atoms with Crippen LogP contribution in [0.25, 0.3) is 0 Å². The van der Waals surface area contributed by atoms with Gasteiger partial charge in [-0.15, -0.1) is 0 Å². The maximum absolute atomic E-state index is 13.8. The SMILES string of the molecule is O=C1C(Cl)=C(C2=C(N3CC3)C(=O)c3ccccc3C2=O)C(=O)c2ccccc21.O=C1C(NCCO)=C(C2=C(NCCO)C(=O)c3cc(F)ccc3C2=O)C(=O)c2ccccc21. The van der Waals surface area contributed by atoms with Gasteiger partial charge in [0.2, 0.25) is 23.1 Å². The predicted molar refractivity (Wildman–Crippen MR) is 216 cm³/mol. The Morgan fingerprint density at radius 3 is 1.31 bits per heavy atom. The van der Waals surface area contributed by atoms with Crippen LogP contribution in [0.2, 0.25) is 0 Å². The minimum Gasteiger partial charge on any atom is -0.395 e. The highest BCUT2D eigenvalue weighted by atomic mass is 35.5. The zero-order valence-electron chi connectivity index (χ0n) is 31.8. The van der Waals surface area contributed by atoms with E-state index in [1.165, 1.54) is 24.3 Å². The van der Waals surface area contributed by atoms with Crippen molar-refractivity contribution < 1.29 is 53.0 Å². The second-order valence-corrected chi connectivity index (χ2v) is 14.5. The monoisotopic (exact) mass is 839 g/mol. The third-order valence-electron chi connectivity index (χ3n) is 10.5. The lowest BCUT2D eigenvalue weighted by molar-refractivity contribution is 0.0945. The van der Waals surface area contributed by atoms with Crippen molar-refractivity contribution in [1.82, 2.24) is 15.5 Å². The summed E-state index contributed by atoms with van der Waals surface area (Å²) in [6, 6.07) is 22.0. The number of aliphatic hydroxyl groups excluding tert-OH is 2. The fourth-order valence-corrected chi connectivity index (χ4v) is 7.97. The van der Waals surface area contributed by atoms with Crippen molar-refractivity contribution in [2.45, 2.75) is 0 Å². The summed E-state index contributed by atoms with van der Waals surface area (Å²) in [6.45, 7) is 0.236. The van der Waals surface area contributed by atoms with Gasteiger partial charge < -0.3 is 25.7 Å². The molecule has 13 nitrogen and oxygen atoms in total. The molecule has 9 rings (SSSR count). The largest absolute Gasteiger partial charge is 0.395 e. The van der Waals surface area contributed by atoms with E-state index < -0.39 is 52.9 Å². The zero-order valence-corrected chi connectivity index (χ0v) is 32.5. The molecule has 1 fully saturated rings. The second-order valence-electron chi connectivity index (χ2n) is 14.2. The summed E-state index contributed by atoms with van der Waals surface area (Å²) in [6.07, 6.45) is 0. The Kier molecular flexibility index (Phi) is 10.7. The highest BCUT2D eigenvalue weighted by Crippen LogP contribution is 2.41. The van der Waals surface area contributed by atoms with E-state index in [1.807, 2.05) is 0 Å². The molecular formula is C46H31ClFN3O10. The molecule has 0 saturated carbocycles. The molecule has 61 heavy (non-hydrogen) atoms. The van der Waals surface area contributed by atoms with Crippen LogP contribution >= 0.6 is 11.6 Å². The van der Waals surface area contributed by atoms with Crippen LogP contribution in [-0.2, 0) is 0 Å². The molecule has 0 unspecified atom stereocenters. The molecule has 1 aliphatic heterocycles. The Bertz CT molecular complexity index is 2870. The number of benzene rings is 4. The maximum Gasteiger partial charge on any atom is 0.210 e. The summed E-state index contributed by atoms with van der Waals surface area (Å²) in [5.41, 5.74) is -0.533. The molecule has 0 spiro atoms. The summed E-state index contributed by atoms with van der Waals surface area (Å²) in [7, 11) is 0. The number of ketones is 8. The number of carbonyl (C=O) groups excluding carboxylic acids is 8. The van der Waals surface area contributed by atoms with Crippen LogP contribution < -0.4 is 10.6 Å². The molecule has 1 saturated heterocycles. The Morgan fingerprint density at radius 1 is 0.475 bits per heavy atom. The number of Topliss-reactive ketones (excluding diaryl/α,β-unsaturated/α-hetero) is 8. The third-order valence-corrected chi connectivity index (χ3v) is 10.9. The normalized spacial score (nSPS) is 17.0. The van der Waals surface area contributed by atoms with E-state index in [9.17, 15) is 53.0 Å². The summed E-state index contributed by atoms with van der Waals surface area (Å²) >= 11 is 6.31. The fraction of sp³-hybridized carbons (Fsp3) is 0.130. The Labute approximate surface area is 350 Å². The van der Waals surface area contributed by atoms with E-state index >= 15 is 0 Å². The lowest BCUT2D eigenvalue weighted by atomic mass is 9.77. The lowest BCUT2D eigenvalue weighted by Crippen LogP contribution is -2.38. The summed E-state index contributed by atoms with van der Waals surface area (Å²) < 4.78 is 13.8. The van der Waals surface area contributed by atoms with Crippen molar-refractivity contribution in [2.24, 2.45) is 0 Å². The van der Waals surface area contributed by atoms with Gasteiger partial charge in [-0.05, 0) is 18.2 Å². The van der Waals surface area contributed by atoms with Crippen molar-refractivity contribution in [2.75, 3.05) is 39.4 Å². The number of aliphatic hydroxyl groups is 2. The van der Waals surface area contributed by atoms with Gasteiger partial charge in [-0.2, -0.15) is 0 Å². The van der Waals surface area contributed by atoms with E-state index in [0.717, 1.165) is 18.2 Å². The maximum atomic E-state index is 13.8. The van der Waals surface area contributed by atoms with E-state index in [-0.39, 0.29) is 109 Å². The van der Waals surface area contributed by atoms with Crippen LogP contribution in [0.5, 0.6) is 0 Å². The van der Waals surface area contributed by atoms with Gasteiger partial charge in [0, 0.05) is 70.7 Å². The van der Waals surface area contributed by atoms with Gasteiger partial charge in [0.25, 0.3) is 0 Å². The average Bonchev–Trinajstić information content (AvgIpc) is 4.12. The number of hydrogen-bond donors (Lipinski definition) is 4. The van der Waals surface area contributed by atoms with E-state index in [0.29, 0.717) is 18.7 Å². The van der Waals surface area contributed by atoms with Crippen LogP contribution in [0, 0.1) is 5.82 Å². The third kappa shape index (κ3) is 6.76. The van der Waals surface area contributed by atoms with Crippen molar-refractivity contribution in [1.29, 1.82) is 0 Å². The Morgan fingerprint density at radius 2 is 0.852 bits per heavy atom. The van der Waals surface area contributed by atoms with Gasteiger partial charge in [0.05, 0.1) is 52.6 Å². The summed E-state index contributed by atoms with van der Waals surface area (Å²) in [5, 5.41) is 23.6. The van der Waals surface area contributed by atoms with Gasteiger partial charge in [-0.3, -0.25) is 38.4 Å². The Hall–Kier alpha value is -7.26. The zero-order chi connectivity index (χ0) is 43.3. The van der Waals surface area contributed by atoms with Crippen LogP contribution in [0.15, 0.2) is 135 Å². The number of carbonyl (C=O) groups is 8. The number of rotatable bonds is 9. The molecular weight excluding hydrogens is 809 g/mol. The number of allylic oxidation sites excluding steroid dienone is 8. The van der Waals surface area contributed by atoms with Gasteiger partial charge in [0.15, 0.2) is 23.1 Å². The lowest BCUT2D eigenvalue weighted by Gasteiger charge is -2.27. The van der Waals surface area contributed by atoms with Crippen LogP contribution in [0.4, 0.5) is 4.39 Å². The van der Waals surface area contributed by atoms with Crippen LogP contribution in [0.1, 0.15) is 82.9 Å². The standard InChI is InChI=1S/C24H19FN2O6.C22H12ClNO4/c25-12-5-6-15-16(11-12)24(33)20(27-8-10-29)18(22(15)31)17-19(26-7-9-28)23(32)14-4-2-1-3-13(14)21(17)30;23-17-15(19(25)11-5-1-3-7-13(11)21(17)27)16-18(24-9-10-24)22(28)14-8-4-2-6-12(14)20(16)26/h1-6,11,26-29H,7-10H2;1-8H,9-10H2. The van der Waals surface area contributed by atoms with Crippen LogP contribution in [-0.4, -0.2) is 101 Å². The van der Waals surface area contributed by atoms with Crippen LogP contribution in [0.3, 0.4) is 0 Å². The first-order valence-corrected chi connectivity index (χ1v) is 19.3. The minimum absolute atomic E-state index is 0.0613. The molecule has 0 radical (unpaired) electrons. The first-order valence-electron chi connectivity index (χ1n) is 18.9.